The molecule has 0 aliphatic carbocycles. The zero-order valence-electron chi connectivity index (χ0n) is 17.6. The topological polar surface area (TPSA) is 90.6 Å². The first-order valence-electron chi connectivity index (χ1n) is 9.28. The number of benzene rings is 2. The summed E-state index contributed by atoms with van der Waals surface area (Å²) in [7, 11) is 8.31. The van der Waals surface area contributed by atoms with Crippen molar-refractivity contribution in [1.82, 2.24) is 4.90 Å². The van der Waals surface area contributed by atoms with Crippen LogP contribution in [-0.4, -0.2) is 58.6 Å². The lowest BCUT2D eigenvalue weighted by atomic mass is 10.1. The molecule has 0 aliphatic rings. The molecule has 0 saturated carbocycles. The number of aromatic hydroxyl groups is 1. The monoisotopic (exact) mass is 415 g/mol. The Hall–Kier alpha value is -3.39. The smallest absolute Gasteiger partial charge is 0.238 e. The van der Waals surface area contributed by atoms with E-state index in [1.54, 1.807) is 37.4 Å². The molecular weight excluding hydrogens is 390 g/mol. The molecule has 1 heterocycles. The molecule has 8 heteroatoms. The summed E-state index contributed by atoms with van der Waals surface area (Å²) in [5.41, 5.74) is 0.0143. The standard InChI is InChI=1S/C22H25NO7/c1-23(2)10-11-29-15-12-16(27-4)21(28-5)22-17(15)18(24)19(25)20(30-22)13-6-8-14(26-3)9-7-13/h6-9,12,25H,10-11H2,1-5H3. The number of rotatable bonds is 8. The minimum Gasteiger partial charge on any atom is -0.502 e. The van der Waals surface area contributed by atoms with Gasteiger partial charge in [0.1, 0.15) is 23.5 Å². The quantitative estimate of drug-likeness (QED) is 0.600. The largest absolute Gasteiger partial charge is 0.502 e. The third-order valence-electron chi connectivity index (χ3n) is 4.60. The van der Waals surface area contributed by atoms with Gasteiger partial charge >= 0.3 is 0 Å². The molecule has 0 radical (unpaired) electrons. The van der Waals surface area contributed by atoms with Gasteiger partial charge in [0.2, 0.25) is 16.9 Å². The highest BCUT2D eigenvalue weighted by atomic mass is 16.5. The molecule has 2 aromatic carbocycles. The first-order chi connectivity index (χ1) is 14.4. The number of methoxy groups -OCH3 is 3. The van der Waals surface area contributed by atoms with E-state index >= 15 is 0 Å². The van der Waals surface area contributed by atoms with Crippen LogP contribution in [0.15, 0.2) is 39.5 Å². The summed E-state index contributed by atoms with van der Waals surface area (Å²) in [6.07, 6.45) is 0. The fourth-order valence-corrected chi connectivity index (χ4v) is 3.01. The second kappa shape index (κ2) is 8.96. The van der Waals surface area contributed by atoms with E-state index in [9.17, 15) is 9.90 Å². The van der Waals surface area contributed by atoms with Crippen LogP contribution in [0.3, 0.4) is 0 Å². The lowest BCUT2D eigenvalue weighted by molar-refractivity contribution is 0.261. The van der Waals surface area contributed by atoms with Crippen LogP contribution in [0.25, 0.3) is 22.3 Å². The van der Waals surface area contributed by atoms with Gasteiger partial charge in [-0.05, 0) is 38.4 Å². The fourth-order valence-electron chi connectivity index (χ4n) is 3.01. The maximum Gasteiger partial charge on any atom is 0.238 e. The number of hydrogen-bond acceptors (Lipinski definition) is 8. The predicted molar refractivity (Wildman–Crippen MR) is 113 cm³/mol. The predicted octanol–water partition coefficient (Wildman–Crippen LogP) is 3.13. The van der Waals surface area contributed by atoms with Crippen molar-refractivity contribution >= 4 is 11.0 Å². The van der Waals surface area contributed by atoms with Crippen LogP contribution in [0.4, 0.5) is 0 Å². The molecule has 1 N–H and O–H groups in total. The second-order valence-electron chi connectivity index (χ2n) is 6.80. The first-order valence-corrected chi connectivity index (χ1v) is 9.28. The van der Waals surface area contributed by atoms with E-state index in [-0.39, 0.29) is 28.2 Å². The molecule has 0 atom stereocenters. The number of likely N-dealkylation sites (N-methyl/N-ethyl adjacent to an activating group) is 1. The van der Waals surface area contributed by atoms with Crippen molar-refractivity contribution in [3.05, 3.63) is 40.6 Å². The summed E-state index contributed by atoms with van der Waals surface area (Å²) in [6.45, 7) is 0.967. The minimum absolute atomic E-state index is 0.0148. The number of ether oxygens (including phenoxy) is 4. The van der Waals surface area contributed by atoms with E-state index < -0.39 is 11.2 Å². The molecule has 1 aromatic heterocycles. The van der Waals surface area contributed by atoms with Crippen LogP contribution in [0.2, 0.25) is 0 Å². The molecule has 3 aromatic rings. The molecule has 0 saturated heterocycles. The summed E-state index contributed by atoms with van der Waals surface area (Å²) >= 11 is 0. The SMILES string of the molecule is COc1ccc(-c2oc3c(OC)c(OC)cc(OCCN(C)C)c3c(=O)c2O)cc1. The maximum atomic E-state index is 13.1. The van der Waals surface area contributed by atoms with Gasteiger partial charge in [0.15, 0.2) is 17.1 Å². The average molecular weight is 415 g/mol. The number of hydrogen-bond donors (Lipinski definition) is 1. The van der Waals surface area contributed by atoms with Crippen LogP contribution in [0, 0.1) is 0 Å². The summed E-state index contributed by atoms with van der Waals surface area (Å²) in [5, 5.41) is 10.7. The molecule has 0 amide bonds. The third-order valence-corrected chi connectivity index (χ3v) is 4.60. The third kappa shape index (κ3) is 3.99. The van der Waals surface area contributed by atoms with Crippen molar-refractivity contribution in [2.45, 2.75) is 0 Å². The molecule has 0 fully saturated rings. The Morgan fingerprint density at radius 3 is 2.27 bits per heavy atom. The lowest BCUT2D eigenvalue weighted by Gasteiger charge is -2.16. The van der Waals surface area contributed by atoms with Crippen molar-refractivity contribution in [3.63, 3.8) is 0 Å². The molecule has 30 heavy (non-hydrogen) atoms. The molecular formula is C22H25NO7. The molecule has 0 bridgehead atoms. The summed E-state index contributed by atoms with van der Waals surface area (Å²) in [4.78, 5) is 15.1. The normalized spacial score (nSPS) is 11.0. The van der Waals surface area contributed by atoms with E-state index in [0.29, 0.717) is 30.2 Å². The van der Waals surface area contributed by atoms with Gasteiger partial charge in [-0.3, -0.25) is 4.79 Å². The Labute approximate surface area is 174 Å². The Bertz CT molecular complexity index is 1090. The van der Waals surface area contributed by atoms with Crippen molar-refractivity contribution in [2.24, 2.45) is 0 Å². The van der Waals surface area contributed by atoms with Gasteiger partial charge < -0.3 is 33.4 Å². The van der Waals surface area contributed by atoms with Crippen LogP contribution in [-0.2, 0) is 0 Å². The van der Waals surface area contributed by atoms with Gasteiger partial charge in [-0.2, -0.15) is 0 Å². The van der Waals surface area contributed by atoms with E-state index in [4.69, 9.17) is 23.4 Å². The number of nitrogens with zero attached hydrogens (tertiary/aromatic N) is 1. The molecule has 160 valence electrons. The fraction of sp³-hybridized carbons (Fsp3) is 0.318. The molecule has 0 aliphatic heterocycles. The van der Waals surface area contributed by atoms with Gasteiger partial charge in [0.05, 0.1) is 21.3 Å². The molecule has 3 rings (SSSR count). The molecule has 8 nitrogen and oxygen atoms in total. The van der Waals surface area contributed by atoms with E-state index in [2.05, 4.69) is 0 Å². The van der Waals surface area contributed by atoms with Crippen LogP contribution < -0.4 is 24.4 Å². The van der Waals surface area contributed by atoms with E-state index in [1.165, 1.54) is 14.2 Å². The lowest BCUT2D eigenvalue weighted by Crippen LogP contribution is -2.20. The number of fused-ring (bicyclic) bond motifs is 1. The highest BCUT2D eigenvalue weighted by molar-refractivity contribution is 5.93. The second-order valence-corrected chi connectivity index (χ2v) is 6.80. The van der Waals surface area contributed by atoms with Crippen molar-refractivity contribution in [2.75, 3.05) is 48.6 Å². The van der Waals surface area contributed by atoms with Crippen LogP contribution in [0.5, 0.6) is 28.7 Å². The van der Waals surface area contributed by atoms with Gasteiger partial charge in [-0.1, -0.05) is 0 Å². The highest BCUT2D eigenvalue weighted by Gasteiger charge is 2.24. The van der Waals surface area contributed by atoms with E-state index in [0.717, 1.165) is 0 Å². The Morgan fingerprint density at radius 2 is 1.70 bits per heavy atom. The zero-order chi connectivity index (χ0) is 21.8. The summed E-state index contributed by atoms with van der Waals surface area (Å²) < 4.78 is 27.8. The Kier molecular flexibility index (Phi) is 6.37. The van der Waals surface area contributed by atoms with Gasteiger partial charge in [0, 0.05) is 18.2 Å². The summed E-state index contributed by atoms with van der Waals surface area (Å²) in [6, 6.07) is 8.34. The highest BCUT2D eigenvalue weighted by Crippen LogP contribution is 2.43. The molecule has 0 unspecified atom stereocenters. The van der Waals surface area contributed by atoms with Crippen molar-refractivity contribution < 1.29 is 28.5 Å². The van der Waals surface area contributed by atoms with Crippen LogP contribution in [0.1, 0.15) is 0 Å². The van der Waals surface area contributed by atoms with Gasteiger partial charge in [0.25, 0.3) is 0 Å². The van der Waals surface area contributed by atoms with Gasteiger partial charge in [-0.15, -0.1) is 0 Å². The Balaban J connectivity index is 2.25. The van der Waals surface area contributed by atoms with Crippen molar-refractivity contribution in [1.29, 1.82) is 0 Å². The molecule has 0 spiro atoms. The first kappa shape index (κ1) is 21.3. The minimum atomic E-state index is -0.622. The van der Waals surface area contributed by atoms with Crippen molar-refractivity contribution in [3.8, 4) is 40.1 Å². The summed E-state index contributed by atoms with van der Waals surface area (Å²) in [5.74, 6) is 0.962. The average Bonchev–Trinajstić information content (AvgIpc) is 2.75. The Morgan fingerprint density at radius 1 is 1.00 bits per heavy atom. The van der Waals surface area contributed by atoms with E-state index in [1.807, 2.05) is 19.0 Å². The maximum absolute atomic E-state index is 13.1. The zero-order valence-corrected chi connectivity index (χ0v) is 17.6. The van der Waals surface area contributed by atoms with Gasteiger partial charge in [-0.25, -0.2) is 0 Å². The van der Waals surface area contributed by atoms with Crippen LogP contribution >= 0.6 is 0 Å².